The third-order valence-corrected chi connectivity index (χ3v) is 1.28. The highest BCUT2D eigenvalue weighted by molar-refractivity contribution is 6.00. The summed E-state index contributed by atoms with van der Waals surface area (Å²) in [6, 6.07) is 0. The molecule has 66 valence electrons. The van der Waals surface area contributed by atoms with Gasteiger partial charge in [0.25, 0.3) is 0 Å². The first-order chi connectivity index (χ1) is 5.61. The lowest BCUT2D eigenvalue weighted by Gasteiger charge is -1.99. The van der Waals surface area contributed by atoms with E-state index in [0.29, 0.717) is 5.84 Å². The quantitative estimate of drug-likeness (QED) is 0.385. The number of allylic oxidation sites excluding steroid dienone is 3. The van der Waals surface area contributed by atoms with Crippen LogP contribution in [0.25, 0.3) is 0 Å². The molecule has 0 aliphatic heterocycles. The Bertz CT molecular complexity index is 242. The van der Waals surface area contributed by atoms with Gasteiger partial charge in [-0.05, 0) is 19.9 Å². The lowest BCUT2D eigenvalue weighted by molar-refractivity contribution is 1.33. The lowest BCUT2D eigenvalue weighted by atomic mass is 10.3. The second-order valence-corrected chi connectivity index (χ2v) is 2.35. The molecule has 0 spiro atoms. The number of rotatable bonds is 3. The topological polar surface area (TPSA) is 50.7 Å². The number of nitrogens with zero attached hydrogens (tertiary/aromatic N) is 2. The minimum Gasteiger partial charge on any atom is -0.387 e. The summed E-state index contributed by atoms with van der Waals surface area (Å²) in [4.78, 5) is 8.09. The van der Waals surface area contributed by atoms with Crippen molar-refractivity contribution in [2.45, 2.75) is 13.8 Å². The van der Waals surface area contributed by atoms with Gasteiger partial charge in [0.1, 0.15) is 0 Å². The van der Waals surface area contributed by atoms with Crippen LogP contribution in [-0.4, -0.2) is 18.6 Å². The summed E-state index contributed by atoms with van der Waals surface area (Å²) in [6.07, 6.45) is 3.44. The summed E-state index contributed by atoms with van der Waals surface area (Å²) in [6.45, 7) is 7.20. The van der Waals surface area contributed by atoms with Crippen molar-refractivity contribution in [2.24, 2.45) is 15.7 Å². The molecule has 0 saturated heterocycles. The number of hydrogen-bond acceptors (Lipinski definition) is 2. The summed E-state index contributed by atoms with van der Waals surface area (Å²) >= 11 is 0. The molecule has 3 heteroatoms. The van der Waals surface area contributed by atoms with Gasteiger partial charge in [-0.1, -0.05) is 12.7 Å². The summed E-state index contributed by atoms with van der Waals surface area (Å²) < 4.78 is 0. The Kier molecular flexibility index (Phi) is 4.69. The van der Waals surface area contributed by atoms with E-state index in [1.54, 1.807) is 26.1 Å². The van der Waals surface area contributed by atoms with Crippen LogP contribution in [0.5, 0.6) is 0 Å². The number of aliphatic imine (C=N–C) groups is 2. The molecule has 0 aliphatic carbocycles. The van der Waals surface area contributed by atoms with Gasteiger partial charge in [0, 0.05) is 7.05 Å². The first-order valence-electron chi connectivity index (χ1n) is 3.69. The second-order valence-electron chi connectivity index (χ2n) is 2.35. The highest BCUT2D eigenvalue weighted by atomic mass is 14.9. The number of amidine groups is 1. The van der Waals surface area contributed by atoms with E-state index in [2.05, 4.69) is 16.6 Å². The van der Waals surface area contributed by atoms with Crippen molar-refractivity contribution in [3.05, 3.63) is 24.4 Å². The molecule has 0 rings (SSSR count). The van der Waals surface area contributed by atoms with Gasteiger partial charge in [0.2, 0.25) is 0 Å². The van der Waals surface area contributed by atoms with Gasteiger partial charge in [-0.15, -0.1) is 0 Å². The number of nitrogens with two attached hydrogens (primary N) is 1. The van der Waals surface area contributed by atoms with E-state index in [9.17, 15) is 0 Å². The molecule has 12 heavy (non-hydrogen) atoms. The summed E-state index contributed by atoms with van der Waals surface area (Å²) in [5, 5.41) is 0. The largest absolute Gasteiger partial charge is 0.387 e. The van der Waals surface area contributed by atoms with E-state index in [-0.39, 0.29) is 0 Å². The highest BCUT2D eigenvalue weighted by Gasteiger charge is 1.96. The minimum atomic E-state index is 0.520. The van der Waals surface area contributed by atoms with Crippen molar-refractivity contribution in [3.63, 3.8) is 0 Å². The number of hydrogen-bond donors (Lipinski definition) is 1. The molecule has 0 aromatic rings. The third kappa shape index (κ3) is 3.71. The normalized spacial score (nSPS) is 14.8. The van der Waals surface area contributed by atoms with Crippen LogP contribution < -0.4 is 5.73 Å². The average molecular weight is 165 g/mol. The van der Waals surface area contributed by atoms with Crippen molar-refractivity contribution in [1.29, 1.82) is 0 Å². The van der Waals surface area contributed by atoms with Crippen LogP contribution in [0.15, 0.2) is 34.4 Å². The summed E-state index contributed by atoms with van der Waals surface area (Å²) in [5.74, 6) is 0.520. The lowest BCUT2D eigenvalue weighted by Crippen LogP contribution is -2.07. The van der Waals surface area contributed by atoms with Crippen LogP contribution in [0.2, 0.25) is 0 Å². The van der Waals surface area contributed by atoms with Gasteiger partial charge in [0.15, 0.2) is 0 Å². The summed E-state index contributed by atoms with van der Waals surface area (Å²) in [5.41, 5.74) is 7.04. The van der Waals surface area contributed by atoms with Crippen molar-refractivity contribution >= 4 is 11.5 Å². The maximum Gasteiger partial charge on any atom is 0.0965 e. The molecule has 0 aliphatic rings. The highest BCUT2D eigenvalue weighted by Crippen LogP contribution is 2.00. The van der Waals surface area contributed by atoms with Crippen LogP contribution in [0.3, 0.4) is 0 Å². The van der Waals surface area contributed by atoms with E-state index < -0.39 is 0 Å². The Morgan fingerprint density at radius 2 is 2.00 bits per heavy atom. The van der Waals surface area contributed by atoms with Crippen molar-refractivity contribution in [1.82, 2.24) is 0 Å². The van der Waals surface area contributed by atoms with E-state index in [1.807, 2.05) is 6.92 Å². The molecular formula is C9H15N3. The average Bonchev–Trinajstić information content (AvgIpc) is 2.01. The fourth-order valence-corrected chi connectivity index (χ4v) is 0.655. The van der Waals surface area contributed by atoms with E-state index >= 15 is 0 Å². The van der Waals surface area contributed by atoms with Crippen LogP contribution >= 0.6 is 0 Å². The first-order valence-corrected chi connectivity index (χ1v) is 3.69. The van der Waals surface area contributed by atoms with Gasteiger partial charge in [-0.3, -0.25) is 4.99 Å². The van der Waals surface area contributed by atoms with E-state index in [0.717, 1.165) is 11.4 Å². The van der Waals surface area contributed by atoms with Crippen LogP contribution in [-0.2, 0) is 0 Å². The fourth-order valence-electron chi connectivity index (χ4n) is 0.655. The molecule has 0 aromatic carbocycles. The SMILES string of the molecule is C=C/C=C(/N=C(C)N)C(C)=NC. The molecule has 2 N–H and O–H groups in total. The van der Waals surface area contributed by atoms with Crippen LogP contribution in [0.4, 0.5) is 0 Å². The zero-order valence-electron chi connectivity index (χ0n) is 7.83. The van der Waals surface area contributed by atoms with Gasteiger partial charge >= 0.3 is 0 Å². The molecule has 0 aromatic heterocycles. The molecule has 0 atom stereocenters. The zero-order chi connectivity index (χ0) is 9.56. The Balaban J connectivity index is 4.81. The third-order valence-electron chi connectivity index (χ3n) is 1.28. The van der Waals surface area contributed by atoms with E-state index in [1.165, 1.54) is 0 Å². The Morgan fingerprint density at radius 3 is 2.33 bits per heavy atom. The molecule has 0 amide bonds. The van der Waals surface area contributed by atoms with Crippen molar-refractivity contribution in [2.75, 3.05) is 7.05 Å². The Hall–Kier alpha value is -1.38. The van der Waals surface area contributed by atoms with Gasteiger partial charge in [0.05, 0.1) is 17.2 Å². The summed E-state index contributed by atoms with van der Waals surface area (Å²) in [7, 11) is 1.72. The van der Waals surface area contributed by atoms with Gasteiger partial charge < -0.3 is 5.73 Å². The van der Waals surface area contributed by atoms with Crippen molar-refractivity contribution < 1.29 is 0 Å². The molecule has 0 heterocycles. The molecule has 0 saturated carbocycles. The Morgan fingerprint density at radius 1 is 1.42 bits per heavy atom. The zero-order valence-corrected chi connectivity index (χ0v) is 7.83. The molecule has 3 nitrogen and oxygen atoms in total. The maximum atomic E-state index is 5.44. The molecule has 0 radical (unpaired) electrons. The Labute approximate surface area is 73.4 Å². The predicted molar refractivity (Wildman–Crippen MR) is 54.6 cm³/mol. The van der Waals surface area contributed by atoms with Crippen LogP contribution in [0.1, 0.15) is 13.8 Å². The minimum absolute atomic E-state index is 0.520. The predicted octanol–water partition coefficient (Wildman–Crippen LogP) is 1.52. The molecule has 0 bridgehead atoms. The standard InChI is InChI=1S/C9H15N3/c1-5-6-9(7(2)11-4)12-8(3)10/h5-6H,1H2,2-4H3,(H2,10,12)/b9-6+,11-7?. The van der Waals surface area contributed by atoms with Gasteiger partial charge in [-0.25, -0.2) is 4.99 Å². The molecule has 0 fully saturated rings. The second kappa shape index (κ2) is 5.29. The smallest absolute Gasteiger partial charge is 0.0965 e. The van der Waals surface area contributed by atoms with E-state index in [4.69, 9.17) is 5.73 Å². The monoisotopic (exact) mass is 165 g/mol. The molecular weight excluding hydrogens is 150 g/mol. The molecule has 0 unspecified atom stereocenters. The maximum absolute atomic E-state index is 5.44. The first kappa shape index (κ1) is 10.6. The van der Waals surface area contributed by atoms with Gasteiger partial charge in [-0.2, -0.15) is 0 Å². The fraction of sp³-hybridized carbons (Fsp3) is 0.333. The van der Waals surface area contributed by atoms with Crippen molar-refractivity contribution in [3.8, 4) is 0 Å². The van der Waals surface area contributed by atoms with Crippen LogP contribution in [0, 0.1) is 0 Å².